The van der Waals surface area contributed by atoms with Gasteiger partial charge >= 0.3 is 0 Å². The Balaban J connectivity index is 1.03. The Kier molecular flexibility index (Phi) is 7.37. The van der Waals surface area contributed by atoms with Gasteiger partial charge in [0.2, 0.25) is 0 Å². The molecule has 0 aromatic heterocycles. The summed E-state index contributed by atoms with van der Waals surface area (Å²) < 4.78 is 19.4. The number of halogens is 1. The first kappa shape index (κ1) is 26.2. The highest BCUT2D eigenvalue weighted by atomic mass is 19.1. The summed E-state index contributed by atoms with van der Waals surface area (Å²) in [4.78, 5) is 41.1. The summed E-state index contributed by atoms with van der Waals surface area (Å²) in [5, 5.41) is 0. The van der Waals surface area contributed by atoms with Gasteiger partial charge in [-0.15, -0.1) is 0 Å². The normalized spacial score (nSPS) is 19.7. The van der Waals surface area contributed by atoms with Crippen molar-refractivity contribution in [1.82, 2.24) is 4.90 Å². The zero-order valence-corrected chi connectivity index (χ0v) is 22.5. The van der Waals surface area contributed by atoms with E-state index in [0.717, 1.165) is 49.2 Å². The van der Waals surface area contributed by atoms with Gasteiger partial charge in [0.05, 0.1) is 19.0 Å². The summed E-state index contributed by atoms with van der Waals surface area (Å²) >= 11 is 0. The highest BCUT2D eigenvalue weighted by molar-refractivity contribution is 6.07. The minimum atomic E-state index is -0.534. The molecule has 6 nitrogen and oxygen atoms in total. The molecule has 2 aliphatic heterocycles. The number of amides is 1. The van der Waals surface area contributed by atoms with Crippen molar-refractivity contribution in [1.29, 1.82) is 0 Å². The van der Waals surface area contributed by atoms with Crippen molar-refractivity contribution >= 4 is 23.2 Å². The van der Waals surface area contributed by atoms with Crippen molar-refractivity contribution in [3.63, 3.8) is 0 Å². The second kappa shape index (κ2) is 11.2. The Bertz CT molecular complexity index is 1410. The van der Waals surface area contributed by atoms with E-state index in [1.54, 1.807) is 11.0 Å². The van der Waals surface area contributed by atoms with Crippen LogP contribution in [0.25, 0.3) is 0 Å². The van der Waals surface area contributed by atoms with Crippen molar-refractivity contribution < 1.29 is 23.5 Å². The standard InChI is InChI=1S/C33H33FN2O4/c34-25-8-10-26(11-9-25)35-16-14-23(15-17-35)18-22-4-6-24(7-5-22)21-40-32-3-1-2-28-29(32)20-36(33(28)39)30-13-12-27(37)19-31(30)38/h1-11,23,30H,12-21H2/t30-/m0/s1. The first-order valence-electron chi connectivity index (χ1n) is 14.1. The number of rotatable bonds is 7. The minimum Gasteiger partial charge on any atom is -0.489 e. The van der Waals surface area contributed by atoms with Crippen LogP contribution in [0, 0.1) is 11.7 Å². The van der Waals surface area contributed by atoms with Crippen molar-refractivity contribution in [2.45, 2.75) is 57.7 Å². The summed E-state index contributed by atoms with van der Waals surface area (Å²) in [6.45, 7) is 2.68. The maximum Gasteiger partial charge on any atom is 0.255 e. The number of carbonyl (C=O) groups excluding carboxylic acids is 3. The average molecular weight is 541 g/mol. The third-order valence-electron chi connectivity index (χ3n) is 8.52. The molecule has 1 atom stereocenters. The van der Waals surface area contributed by atoms with Crippen LogP contribution in [0.4, 0.5) is 10.1 Å². The fourth-order valence-electron chi connectivity index (χ4n) is 6.21. The predicted molar refractivity (Wildman–Crippen MR) is 150 cm³/mol. The lowest BCUT2D eigenvalue weighted by atomic mass is 9.89. The summed E-state index contributed by atoms with van der Waals surface area (Å²) in [6.07, 6.45) is 3.91. The maximum absolute atomic E-state index is 13.2. The van der Waals surface area contributed by atoms with Crippen molar-refractivity contribution in [2.24, 2.45) is 5.92 Å². The number of Topliss-reactive ketones (excluding diaryl/α,β-unsaturated/α-hetero) is 2. The lowest BCUT2D eigenvalue weighted by Crippen LogP contribution is -2.44. The summed E-state index contributed by atoms with van der Waals surface area (Å²) in [5.74, 6) is 0.700. The van der Waals surface area contributed by atoms with Gasteiger partial charge in [-0.25, -0.2) is 4.39 Å². The maximum atomic E-state index is 13.2. The molecule has 0 unspecified atom stereocenters. The van der Waals surface area contributed by atoms with E-state index in [0.29, 0.717) is 43.2 Å². The third kappa shape index (κ3) is 5.51. The summed E-state index contributed by atoms with van der Waals surface area (Å²) in [6, 6.07) is 20.2. The fraction of sp³-hybridized carbons (Fsp3) is 0.364. The lowest BCUT2D eigenvalue weighted by molar-refractivity contribution is -0.133. The van der Waals surface area contributed by atoms with Crippen molar-refractivity contribution in [3.05, 3.63) is 94.8 Å². The molecule has 7 heteroatoms. The summed E-state index contributed by atoms with van der Waals surface area (Å²) in [5.41, 5.74) is 4.82. The molecule has 0 N–H and O–H groups in total. The zero-order chi connectivity index (χ0) is 27.6. The molecule has 2 fully saturated rings. The van der Waals surface area contributed by atoms with Crippen LogP contribution in [0.5, 0.6) is 5.75 Å². The fourth-order valence-corrected chi connectivity index (χ4v) is 6.21. The number of nitrogens with zero attached hydrogens (tertiary/aromatic N) is 2. The predicted octanol–water partition coefficient (Wildman–Crippen LogP) is 5.51. The molecule has 0 radical (unpaired) electrons. The second-order valence-corrected chi connectivity index (χ2v) is 11.2. The van der Waals surface area contributed by atoms with E-state index in [9.17, 15) is 18.8 Å². The van der Waals surface area contributed by atoms with Crippen LogP contribution in [-0.2, 0) is 29.2 Å². The van der Waals surface area contributed by atoms with Gasteiger partial charge in [0.25, 0.3) is 5.91 Å². The smallest absolute Gasteiger partial charge is 0.255 e. The van der Waals surface area contributed by atoms with E-state index in [4.69, 9.17) is 4.74 Å². The van der Waals surface area contributed by atoms with Crippen molar-refractivity contribution in [2.75, 3.05) is 18.0 Å². The quantitative estimate of drug-likeness (QED) is 0.370. The molecule has 40 heavy (non-hydrogen) atoms. The Hall–Kier alpha value is -4.00. The number of hydrogen-bond donors (Lipinski definition) is 0. The number of benzene rings is 3. The average Bonchev–Trinajstić information content (AvgIpc) is 3.30. The summed E-state index contributed by atoms with van der Waals surface area (Å²) in [7, 11) is 0. The molecular weight excluding hydrogens is 507 g/mol. The largest absolute Gasteiger partial charge is 0.489 e. The van der Waals surface area contributed by atoms with E-state index < -0.39 is 6.04 Å². The second-order valence-electron chi connectivity index (χ2n) is 11.2. The van der Waals surface area contributed by atoms with Gasteiger partial charge < -0.3 is 14.5 Å². The molecule has 3 aromatic rings. The SMILES string of the molecule is O=C1CC[C@H](N2Cc3c(OCc4ccc(CC5CCN(c6ccc(F)cc6)CC5)cc4)cccc3C2=O)C(=O)C1. The van der Waals surface area contributed by atoms with E-state index >= 15 is 0 Å². The molecule has 0 spiro atoms. The number of piperidine rings is 1. The molecule has 3 aromatic carbocycles. The van der Waals surface area contributed by atoms with Gasteiger partial charge in [-0.3, -0.25) is 14.4 Å². The van der Waals surface area contributed by atoms with Crippen LogP contribution < -0.4 is 9.64 Å². The minimum absolute atomic E-state index is 0.0484. The number of ether oxygens (including phenoxy) is 1. The number of hydrogen-bond acceptors (Lipinski definition) is 5. The highest BCUT2D eigenvalue weighted by Gasteiger charge is 2.40. The van der Waals surface area contributed by atoms with E-state index in [1.807, 2.05) is 24.3 Å². The molecular formula is C33H33FN2O4. The van der Waals surface area contributed by atoms with E-state index in [-0.39, 0.29) is 29.7 Å². The number of carbonyl (C=O) groups is 3. The third-order valence-corrected chi connectivity index (χ3v) is 8.52. The van der Waals surface area contributed by atoms with Gasteiger partial charge in [-0.05, 0) is 79.1 Å². The Morgan fingerprint density at radius 1 is 0.850 bits per heavy atom. The molecule has 1 amide bonds. The van der Waals surface area contributed by atoms with Crippen LogP contribution in [0.3, 0.4) is 0 Å². The molecule has 206 valence electrons. The topological polar surface area (TPSA) is 66.9 Å². The zero-order valence-electron chi connectivity index (χ0n) is 22.5. The number of fused-ring (bicyclic) bond motifs is 1. The van der Waals surface area contributed by atoms with Crippen LogP contribution >= 0.6 is 0 Å². The van der Waals surface area contributed by atoms with E-state index in [1.165, 1.54) is 17.7 Å². The van der Waals surface area contributed by atoms with Gasteiger partial charge in [0.15, 0.2) is 5.78 Å². The van der Waals surface area contributed by atoms with Crippen LogP contribution in [0.2, 0.25) is 0 Å². The highest BCUT2D eigenvalue weighted by Crippen LogP contribution is 2.35. The van der Waals surface area contributed by atoms with Crippen molar-refractivity contribution in [3.8, 4) is 5.75 Å². The number of ketones is 2. The Morgan fingerprint density at radius 3 is 2.30 bits per heavy atom. The van der Waals surface area contributed by atoms with Gasteiger partial charge in [0, 0.05) is 36.3 Å². The van der Waals surface area contributed by atoms with Gasteiger partial charge in [0.1, 0.15) is 24.0 Å². The van der Waals surface area contributed by atoms with Crippen LogP contribution in [0.1, 0.15) is 59.2 Å². The molecule has 6 rings (SSSR count). The molecule has 2 heterocycles. The van der Waals surface area contributed by atoms with E-state index in [2.05, 4.69) is 29.2 Å². The molecule has 3 aliphatic rings. The Morgan fingerprint density at radius 2 is 1.57 bits per heavy atom. The Labute approximate surface area is 233 Å². The van der Waals surface area contributed by atoms with Gasteiger partial charge in [-0.2, -0.15) is 0 Å². The monoisotopic (exact) mass is 540 g/mol. The van der Waals surface area contributed by atoms with Crippen LogP contribution in [0.15, 0.2) is 66.7 Å². The molecule has 0 bridgehead atoms. The molecule has 1 aliphatic carbocycles. The lowest BCUT2D eigenvalue weighted by Gasteiger charge is -2.33. The molecule has 1 saturated carbocycles. The first-order chi connectivity index (χ1) is 19.4. The first-order valence-corrected chi connectivity index (χ1v) is 14.1. The number of anilines is 1. The van der Waals surface area contributed by atoms with Crippen LogP contribution in [-0.4, -0.2) is 41.5 Å². The molecule has 1 saturated heterocycles. The van der Waals surface area contributed by atoms with Gasteiger partial charge in [-0.1, -0.05) is 30.3 Å².